The van der Waals surface area contributed by atoms with Gasteiger partial charge in [0.05, 0.1) is 6.04 Å². The number of hydrogen-bond donors (Lipinski definition) is 1. The van der Waals surface area contributed by atoms with Crippen LogP contribution in [0.4, 0.5) is 0 Å². The molecule has 0 saturated heterocycles. The van der Waals surface area contributed by atoms with Crippen molar-refractivity contribution in [3.63, 3.8) is 0 Å². The van der Waals surface area contributed by atoms with E-state index in [1.807, 2.05) is 36.4 Å². The van der Waals surface area contributed by atoms with Crippen molar-refractivity contribution < 1.29 is 9.53 Å². The van der Waals surface area contributed by atoms with Gasteiger partial charge >= 0.3 is 0 Å². The lowest BCUT2D eigenvalue weighted by Gasteiger charge is -2.44. The Morgan fingerprint density at radius 3 is 2.67 bits per heavy atom. The molecule has 1 aliphatic heterocycles. The molecule has 4 nitrogen and oxygen atoms in total. The van der Waals surface area contributed by atoms with Crippen molar-refractivity contribution in [2.75, 3.05) is 0 Å². The highest BCUT2D eigenvalue weighted by atomic mass is 16.5. The number of nitrogens with zero attached hydrogens (tertiary/aromatic N) is 1. The van der Waals surface area contributed by atoms with E-state index in [4.69, 9.17) is 4.74 Å². The van der Waals surface area contributed by atoms with Crippen molar-refractivity contribution in [1.82, 2.24) is 10.3 Å². The zero-order chi connectivity index (χ0) is 16.4. The molecule has 1 atom stereocenters. The fourth-order valence-electron chi connectivity index (χ4n) is 3.98. The molecule has 1 N–H and O–H groups in total. The van der Waals surface area contributed by atoms with Gasteiger partial charge in [-0.2, -0.15) is 0 Å². The molecule has 0 bridgehead atoms. The average molecular weight is 322 g/mol. The number of pyridine rings is 1. The van der Waals surface area contributed by atoms with E-state index in [9.17, 15) is 4.79 Å². The monoisotopic (exact) mass is 322 g/mol. The van der Waals surface area contributed by atoms with Crippen LogP contribution in [0.15, 0.2) is 48.7 Å². The van der Waals surface area contributed by atoms with E-state index in [1.54, 1.807) is 12.3 Å². The van der Waals surface area contributed by atoms with Crippen LogP contribution in [0.3, 0.4) is 0 Å². The molecule has 0 radical (unpaired) electrons. The summed E-state index contributed by atoms with van der Waals surface area (Å²) in [6.45, 7) is 0. The molecule has 24 heavy (non-hydrogen) atoms. The number of carbonyl (C=O) groups excluding carboxylic acids is 1. The Balaban J connectivity index is 1.62. The summed E-state index contributed by atoms with van der Waals surface area (Å²) < 4.78 is 6.41. The Morgan fingerprint density at radius 1 is 1.08 bits per heavy atom. The molecule has 1 spiro atoms. The molecule has 1 amide bonds. The Bertz CT molecular complexity index is 723. The lowest BCUT2D eigenvalue weighted by Crippen LogP contribution is -2.46. The van der Waals surface area contributed by atoms with Gasteiger partial charge in [0.1, 0.15) is 17.0 Å². The number of carbonyl (C=O) groups is 1. The second kappa shape index (κ2) is 6.27. The van der Waals surface area contributed by atoms with E-state index in [0.29, 0.717) is 5.69 Å². The van der Waals surface area contributed by atoms with Crippen LogP contribution < -0.4 is 10.1 Å². The molecule has 0 unspecified atom stereocenters. The number of nitrogens with one attached hydrogen (secondary N) is 1. The van der Waals surface area contributed by atoms with Gasteiger partial charge in [0, 0.05) is 18.2 Å². The van der Waals surface area contributed by atoms with Crippen LogP contribution >= 0.6 is 0 Å². The first-order valence-corrected chi connectivity index (χ1v) is 8.76. The minimum atomic E-state index is -0.130. The highest BCUT2D eigenvalue weighted by molar-refractivity contribution is 5.92. The van der Waals surface area contributed by atoms with E-state index in [1.165, 1.54) is 19.3 Å². The average Bonchev–Trinajstić information content (AvgIpc) is 2.63. The summed E-state index contributed by atoms with van der Waals surface area (Å²) >= 11 is 0. The SMILES string of the molecule is O=C(N[C@@H]1CC2(CCCCC2)Oc2ccccc21)c1ccccn1. The number of ether oxygens (including phenoxy) is 1. The zero-order valence-electron chi connectivity index (χ0n) is 13.7. The molecular formula is C20H22N2O2. The molecule has 1 aromatic heterocycles. The summed E-state index contributed by atoms with van der Waals surface area (Å²) in [5.41, 5.74) is 1.39. The first-order valence-electron chi connectivity index (χ1n) is 8.76. The van der Waals surface area contributed by atoms with Gasteiger partial charge in [-0.15, -0.1) is 0 Å². The molecule has 124 valence electrons. The van der Waals surface area contributed by atoms with Crippen molar-refractivity contribution in [3.05, 3.63) is 59.9 Å². The van der Waals surface area contributed by atoms with Crippen molar-refractivity contribution in [2.45, 2.75) is 50.2 Å². The number of benzene rings is 1. The van der Waals surface area contributed by atoms with E-state index in [-0.39, 0.29) is 17.6 Å². The summed E-state index contributed by atoms with van der Waals surface area (Å²) in [7, 11) is 0. The van der Waals surface area contributed by atoms with Crippen LogP contribution in [0.1, 0.15) is 60.6 Å². The van der Waals surface area contributed by atoms with Gasteiger partial charge in [-0.3, -0.25) is 9.78 Å². The summed E-state index contributed by atoms with van der Waals surface area (Å²) in [6.07, 6.45) is 8.29. The Labute approximate surface area is 142 Å². The van der Waals surface area contributed by atoms with Gasteiger partial charge in [-0.05, 0) is 43.9 Å². The maximum absolute atomic E-state index is 12.6. The molecule has 1 fully saturated rings. The lowest BCUT2D eigenvalue weighted by atomic mass is 9.77. The van der Waals surface area contributed by atoms with Crippen LogP contribution in [-0.2, 0) is 0 Å². The Kier molecular flexibility index (Phi) is 3.97. The van der Waals surface area contributed by atoms with Crippen molar-refractivity contribution in [3.8, 4) is 5.75 Å². The second-order valence-electron chi connectivity index (χ2n) is 6.83. The van der Waals surface area contributed by atoms with Crippen LogP contribution in [0.5, 0.6) is 5.75 Å². The molecule has 4 heteroatoms. The van der Waals surface area contributed by atoms with Gasteiger partial charge in [0.25, 0.3) is 5.91 Å². The smallest absolute Gasteiger partial charge is 0.270 e. The molecule has 2 heterocycles. The maximum atomic E-state index is 12.6. The molecule has 1 saturated carbocycles. The van der Waals surface area contributed by atoms with Gasteiger partial charge < -0.3 is 10.1 Å². The highest BCUT2D eigenvalue weighted by Crippen LogP contribution is 2.46. The summed E-state index contributed by atoms with van der Waals surface area (Å²) in [4.78, 5) is 16.7. The predicted molar refractivity (Wildman–Crippen MR) is 91.9 cm³/mol. The zero-order valence-corrected chi connectivity index (χ0v) is 13.7. The number of hydrogen-bond acceptors (Lipinski definition) is 3. The van der Waals surface area contributed by atoms with Crippen LogP contribution in [0.2, 0.25) is 0 Å². The molecular weight excluding hydrogens is 300 g/mol. The molecule has 1 aliphatic carbocycles. The Hall–Kier alpha value is -2.36. The summed E-state index contributed by atoms with van der Waals surface area (Å²) in [5, 5.41) is 3.18. The van der Waals surface area contributed by atoms with Crippen molar-refractivity contribution >= 4 is 5.91 Å². The third-order valence-corrected chi connectivity index (χ3v) is 5.16. The van der Waals surface area contributed by atoms with Gasteiger partial charge in [-0.25, -0.2) is 0 Å². The number of amides is 1. The largest absolute Gasteiger partial charge is 0.487 e. The van der Waals surface area contributed by atoms with Gasteiger partial charge in [0.2, 0.25) is 0 Å². The van der Waals surface area contributed by atoms with E-state index in [2.05, 4.69) is 10.3 Å². The standard InChI is InChI=1S/C20H22N2O2/c23-19(16-9-4-7-13-21-16)22-17-14-20(11-5-1-6-12-20)24-18-10-3-2-8-15(17)18/h2-4,7-10,13,17H,1,5-6,11-12,14H2,(H,22,23)/t17-/m1/s1. The van der Waals surface area contributed by atoms with Gasteiger partial charge in [-0.1, -0.05) is 30.7 Å². The van der Waals surface area contributed by atoms with Crippen LogP contribution in [-0.4, -0.2) is 16.5 Å². The molecule has 2 aliphatic rings. The number of fused-ring (bicyclic) bond motifs is 1. The van der Waals surface area contributed by atoms with Gasteiger partial charge in [0.15, 0.2) is 0 Å². The quantitative estimate of drug-likeness (QED) is 0.908. The number of para-hydroxylation sites is 1. The fraction of sp³-hybridized carbons (Fsp3) is 0.400. The first kappa shape index (κ1) is 15.2. The minimum Gasteiger partial charge on any atom is -0.487 e. The predicted octanol–water partition coefficient (Wildman–Crippen LogP) is 4.04. The van der Waals surface area contributed by atoms with E-state index in [0.717, 1.165) is 30.6 Å². The normalized spacial score (nSPS) is 21.6. The third kappa shape index (κ3) is 2.88. The Morgan fingerprint density at radius 2 is 1.88 bits per heavy atom. The third-order valence-electron chi connectivity index (χ3n) is 5.16. The minimum absolute atomic E-state index is 0.0254. The number of aromatic nitrogens is 1. The van der Waals surface area contributed by atoms with E-state index < -0.39 is 0 Å². The highest BCUT2D eigenvalue weighted by Gasteiger charge is 2.42. The second-order valence-corrected chi connectivity index (χ2v) is 6.83. The molecule has 2 aromatic rings. The topological polar surface area (TPSA) is 51.2 Å². The van der Waals surface area contributed by atoms with E-state index >= 15 is 0 Å². The molecule has 4 rings (SSSR count). The number of rotatable bonds is 2. The maximum Gasteiger partial charge on any atom is 0.270 e. The summed E-state index contributed by atoms with van der Waals surface area (Å²) in [5.74, 6) is 0.792. The lowest BCUT2D eigenvalue weighted by molar-refractivity contribution is -0.00212. The van der Waals surface area contributed by atoms with Crippen molar-refractivity contribution in [1.29, 1.82) is 0 Å². The van der Waals surface area contributed by atoms with Crippen LogP contribution in [0.25, 0.3) is 0 Å². The van der Waals surface area contributed by atoms with Crippen LogP contribution in [0, 0.1) is 0 Å². The summed E-state index contributed by atoms with van der Waals surface area (Å²) in [6, 6.07) is 13.4. The fourth-order valence-corrected chi connectivity index (χ4v) is 3.98. The molecule has 1 aromatic carbocycles. The first-order chi connectivity index (χ1) is 11.8. The van der Waals surface area contributed by atoms with Crippen molar-refractivity contribution in [2.24, 2.45) is 0 Å².